The first-order valence-corrected chi connectivity index (χ1v) is 15.2. The molecule has 0 aliphatic heterocycles. The third kappa shape index (κ3) is 7.50. The van der Waals surface area contributed by atoms with Gasteiger partial charge in [0.25, 0.3) is 10.0 Å². The molecule has 214 valence electrons. The van der Waals surface area contributed by atoms with Gasteiger partial charge in [0.2, 0.25) is 11.8 Å². The number of benzene rings is 3. The topological polar surface area (TPSA) is 86.8 Å². The van der Waals surface area contributed by atoms with E-state index in [4.69, 9.17) is 0 Å². The lowest BCUT2D eigenvalue weighted by atomic mass is 10.1. The van der Waals surface area contributed by atoms with Crippen molar-refractivity contribution >= 4 is 27.5 Å². The molecule has 0 aromatic heterocycles. The summed E-state index contributed by atoms with van der Waals surface area (Å²) in [6.45, 7) is 11.1. The van der Waals surface area contributed by atoms with E-state index in [2.05, 4.69) is 5.32 Å². The highest BCUT2D eigenvalue weighted by atomic mass is 32.2. The second kappa shape index (κ2) is 13.6. The molecule has 0 saturated carbocycles. The molecule has 1 N–H and O–H groups in total. The standard InChI is InChI=1S/C32H41N3O4S/c1-7-25(4)33-32(37)27(6)34(21-20-28-13-9-8-10-14-28)31(36)22-35(30-15-11-12-24(3)26(30)5)40(38,39)29-18-16-23(2)17-19-29/h8-19,25,27H,7,20-22H2,1-6H3,(H,33,37)/t25-,27-/m1/s1. The van der Waals surface area contributed by atoms with E-state index in [1.165, 1.54) is 9.21 Å². The van der Waals surface area contributed by atoms with E-state index in [0.29, 0.717) is 12.1 Å². The zero-order valence-corrected chi connectivity index (χ0v) is 25.2. The Kier molecular flexibility index (Phi) is 10.5. The maximum absolute atomic E-state index is 14.0. The van der Waals surface area contributed by atoms with Crippen molar-refractivity contribution in [3.05, 3.63) is 95.1 Å². The predicted molar refractivity (Wildman–Crippen MR) is 161 cm³/mol. The summed E-state index contributed by atoms with van der Waals surface area (Å²) in [6.07, 6.45) is 1.29. The molecule has 7 nitrogen and oxygen atoms in total. The van der Waals surface area contributed by atoms with Crippen LogP contribution in [-0.2, 0) is 26.0 Å². The predicted octanol–water partition coefficient (Wildman–Crippen LogP) is 5.18. The smallest absolute Gasteiger partial charge is 0.264 e. The SMILES string of the molecule is CC[C@@H](C)NC(=O)[C@@H](C)N(CCc1ccccc1)C(=O)CN(c1cccc(C)c1C)S(=O)(=O)c1ccc(C)cc1. The Bertz CT molecular complexity index is 1410. The van der Waals surface area contributed by atoms with Gasteiger partial charge in [-0.25, -0.2) is 8.42 Å². The van der Waals surface area contributed by atoms with Gasteiger partial charge in [-0.3, -0.25) is 13.9 Å². The Balaban J connectivity index is 2.01. The van der Waals surface area contributed by atoms with Gasteiger partial charge in [0.1, 0.15) is 12.6 Å². The molecule has 0 aliphatic rings. The number of nitrogens with one attached hydrogen (secondary N) is 1. The van der Waals surface area contributed by atoms with Gasteiger partial charge in [-0.15, -0.1) is 0 Å². The number of carbonyl (C=O) groups excluding carboxylic acids is 2. The van der Waals surface area contributed by atoms with Crippen LogP contribution in [0.3, 0.4) is 0 Å². The summed E-state index contributed by atoms with van der Waals surface area (Å²) < 4.78 is 29.2. The van der Waals surface area contributed by atoms with Crippen LogP contribution in [0.2, 0.25) is 0 Å². The zero-order valence-electron chi connectivity index (χ0n) is 24.3. The van der Waals surface area contributed by atoms with E-state index in [9.17, 15) is 18.0 Å². The molecule has 0 heterocycles. The number of anilines is 1. The molecule has 3 aromatic carbocycles. The Morgan fingerprint density at radius 3 is 2.15 bits per heavy atom. The largest absolute Gasteiger partial charge is 0.352 e. The Hall–Kier alpha value is -3.65. The second-order valence-electron chi connectivity index (χ2n) is 10.4. The van der Waals surface area contributed by atoms with Crippen LogP contribution >= 0.6 is 0 Å². The first-order valence-electron chi connectivity index (χ1n) is 13.7. The second-order valence-corrected chi connectivity index (χ2v) is 12.2. The lowest BCUT2D eigenvalue weighted by molar-refractivity contribution is -0.139. The number of sulfonamides is 1. The minimum Gasteiger partial charge on any atom is -0.352 e. The molecule has 0 spiro atoms. The maximum atomic E-state index is 14.0. The van der Waals surface area contributed by atoms with Crippen LogP contribution in [0, 0.1) is 20.8 Å². The van der Waals surface area contributed by atoms with Crippen molar-refractivity contribution in [2.24, 2.45) is 0 Å². The Morgan fingerprint density at radius 2 is 1.52 bits per heavy atom. The highest BCUT2D eigenvalue weighted by molar-refractivity contribution is 7.92. The van der Waals surface area contributed by atoms with Gasteiger partial charge in [0.05, 0.1) is 10.6 Å². The highest BCUT2D eigenvalue weighted by Gasteiger charge is 2.33. The van der Waals surface area contributed by atoms with Crippen molar-refractivity contribution in [2.45, 2.75) is 71.4 Å². The van der Waals surface area contributed by atoms with Crippen LogP contribution in [0.5, 0.6) is 0 Å². The van der Waals surface area contributed by atoms with Gasteiger partial charge in [-0.1, -0.05) is 67.1 Å². The molecule has 2 amide bonds. The number of aryl methyl sites for hydroxylation is 2. The van der Waals surface area contributed by atoms with Crippen molar-refractivity contribution in [3.63, 3.8) is 0 Å². The Labute approximate surface area is 239 Å². The summed E-state index contributed by atoms with van der Waals surface area (Å²) in [4.78, 5) is 28.8. The molecule has 0 unspecified atom stereocenters. The van der Waals surface area contributed by atoms with Gasteiger partial charge in [0, 0.05) is 12.6 Å². The fourth-order valence-corrected chi connectivity index (χ4v) is 5.86. The Morgan fingerprint density at radius 1 is 0.875 bits per heavy atom. The monoisotopic (exact) mass is 563 g/mol. The van der Waals surface area contributed by atoms with E-state index in [0.717, 1.165) is 28.7 Å². The molecule has 0 saturated heterocycles. The summed E-state index contributed by atoms with van der Waals surface area (Å²) >= 11 is 0. The lowest BCUT2D eigenvalue weighted by Crippen LogP contribution is -2.53. The molecular weight excluding hydrogens is 522 g/mol. The van der Waals surface area contributed by atoms with Crippen LogP contribution < -0.4 is 9.62 Å². The van der Waals surface area contributed by atoms with Crippen LogP contribution in [0.15, 0.2) is 77.7 Å². The minimum absolute atomic E-state index is 0.0469. The number of nitrogens with zero attached hydrogens (tertiary/aromatic N) is 2. The molecule has 3 aromatic rings. The first kappa shape index (κ1) is 30.9. The van der Waals surface area contributed by atoms with Crippen LogP contribution in [0.4, 0.5) is 5.69 Å². The number of hydrogen-bond acceptors (Lipinski definition) is 4. The quantitative estimate of drug-likeness (QED) is 0.329. The van der Waals surface area contributed by atoms with Crippen LogP contribution in [-0.4, -0.2) is 50.3 Å². The van der Waals surface area contributed by atoms with Crippen molar-refractivity contribution in [2.75, 3.05) is 17.4 Å². The van der Waals surface area contributed by atoms with Crippen molar-refractivity contribution in [1.29, 1.82) is 0 Å². The molecule has 3 rings (SSSR count). The minimum atomic E-state index is -4.09. The summed E-state index contributed by atoms with van der Waals surface area (Å²) in [5, 5.41) is 2.96. The highest BCUT2D eigenvalue weighted by Crippen LogP contribution is 2.29. The normalized spacial score (nSPS) is 12.8. The van der Waals surface area contributed by atoms with Gasteiger partial charge in [0.15, 0.2) is 0 Å². The van der Waals surface area contributed by atoms with Crippen LogP contribution in [0.1, 0.15) is 49.4 Å². The molecule has 2 atom stereocenters. The number of amides is 2. The van der Waals surface area contributed by atoms with Crippen molar-refractivity contribution in [1.82, 2.24) is 10.2 Å². The average molecular weight is 564 g/mol. The third-order valence-electron chi connectivity index (χ3n) is 7.39. The molecule has 0 radical (unpaired) electrons. The summed E-state index contributed by atoms with van der Waals surface area (Å²) in [5.41, 5.74) is 4.07. The van der Waals surface area contributed by atoms with Gasteiger partial charge in [-0.05, 0) is 82.3 Å². The summed E-state index contributed by atoms with van der Waals surface area (Å²) in [5.74, 6) is -0.713. The van der Waals surface area contributed by atoms with E-state index in [1.807, 2.05) is 71.0 Å². The lowest BCUT2D eigenvalue weighted by Gasteiger charge is -2.33. The van der Waals surface area contributed by atoms with E-state index in [1.54, 1.807) is 43.3 Å². The first-order chi connectivity index (χ1) is 18.9. The van der Waals surface area contributed by atoms with E-state index in [-0.39, 0.29) is 23.4 Å². The van der Waals surface area contributed by atoms with Crippen molar-refractivity contribution < 1.29 is 18.0 Å². The van der Waals surface area contributed by atoms with Gasteiger partial charge in [-0.2, -0.15) is 0 Å². The molecule has 8 heteroatoms. The summed E-state index contributed by atoms with van der Waals surface area (Å²) in [6, 6.07) is 20.9. The fraction of sp³-hybridized carbons (Fsp3) is 0.375. The van der Waals surface area contributed by atoms with Gasteiger partial charge >= 0.3 is 0 Å². The number of carbonyl (C=O) groups is 2. The van der Waals surface area contributed by atoms with E-state index < -0.39 is 28.5 Å². The summed E-state index contributed by atoms with van der Waals surface area (Å²) in [7, 11) is -4.09. The molecule has 40 heavy (non-hydrogen) atoms. The number of rotatable bonds is 12. The maximum Gasteiger partial charge on any atom is 0.264 e. The molecular formula is C32H41N3O4S. The number of hydrogen-bond donors (Lipinski definition) is 1. The third-order valence-corrected chi connectivity index (χ3v) is 9.16. The van der Waals surface area contributed by atoms with Crippen LogP contribution in [0.25, 0.3) is 0 Å². The zero-order chi connectivity index (χ0) is 29.4. The molecule has 0 aliphatic carbocycles. The fourth-order valence-electron chi connectivity index (χ4n) is 4.39. The van der Waals surface area contributed by atoms with Gasteiger partial charge < -0.3 is 10.2 Å². The average Bonchev–Trinajstić information content (AvgIpc) is 2.94. The van der Waals surface area contributed by atoms with E-state index >= 15 is 0 Å². The van der Waals surface area contributed by atoms with Crippen molar-refractivity contribution in [3.8, 4) is 0 Å². The molecule has 0 bridgehead atoms. The molecule has 0 fully saturated rings.